The quantitative estimate of drug-likeness (QED) is 0.0724. The molecular weight excluding hydrogens is 470 g/mol. The molecule has 0 bridgehead atoms. The molecule has 0 aromatic carbocycles. The maximum Gasteiger partial charge on any atom is 0.359 e. The molecule has 0 aliphatic carbocycles. The number of hydrogen-bond donors (Lipinski definition) is 2. The van der Waals surface area contributed by atoms with E-state index in [9.17, 15) is 19.5 Å². The highest BCUT2D eigenvalue weighted by atomic mass is 16.4. The Morgan fingerprint density at radius 2 is 0.919 bits per heavy atom. The van der Waals surface area contributed by atoms with E-state index in [0.717, 1.165) is 19.3 Å². The average molecular weight is 526 g/mol. The highest BCUT2D eigenvalue weighted by Crippen LogP contribution is 2.15. The summed E-state index contributed by atoms with van der Waals surface area (Å²) in [7, 11) is 0. The van der Waals surface area contributed by atoms with Gasteiger partial charge in [-0.25, -0.2) is 9.59 Å². The SMILES string of the molecule is CCCCCCCCC/C=C/CCCCCCCCCCCCC[N+](CC(=O)[O-])(CC(=O)O)CC(=O)O. The van der Waals surface area contributed by atoms with Crippen molar-refractivity contribution in [3.05, 3.63) is 12.2 Å². The molecule has 0 unspecified atom stereocenters. The van der Waals surface area contributed by atoms with Crippen molar-refractivity contribution in [3.63, 3.8) is 0 Å². The number of hydrogen-bond acceptors (Lipinski definition) is 4. The second-order valence-corrected chi connectivity index (χ2v) is 10.8. The van der Waals surface area contributed by atoms with E-state index in [1.54, 1.807) is 0 Å². The van der Waals surface area contributed by atoms with Crippen LogP contribution in [0.25, 0.3) is 0 Å². The van der Waals surface area contributed by atoms with Crippen molar-refractivity contribution >= 4 is 17.9 Å². The molecule has 0 fully saturated rings. The molecule has 216 valence electrons. The summed E-state index contributed by atoms with van der Waals surface area (Å²) in [5.74, 6) is -3.81. The number of quaternary nitrogens is 1. The molecule has 0 aromatic heterocycles. The minimum Gasteiger partial charge on any atom is -0.544 e. The van der Waals surface area contributed by atoms with Gasteiger partial charge < -0.3 is 24.6 Å². The van der Waals surface area contributed by atoms with Gasteiger partial charge in [-0.3, -0.25) is 0 Å². The second-order valence-electron chi connectivity index (χ2n) is 10.8. The Morgan fingerprint density at radius 3 is 1.27 bits per heavy atom. The molecule has 0 atom stereocenters. The van der Waals surface area contributed by atoms with E-state index >= 15 is 0 Å². The Hall–Kier alpha value is -1.89. The lowest BCUT2D eigenvalue weighted by Crippen LogP contribution is -2.59. The van der Waals surface area contributed by atoms with E-state index in [-0.39, 0.29) is 6.54 Å². The topological polar surface area (TPSA) is 115 Å². The lowest BCUT2D eigenvalue weighted by Gasteiger charge is -2.36. The largest absolute Gasteiger partial charge is 0.544 e. The Labute approximate surface area is 225 Å². The highest BCUT2D eigenvalue weighted by molar-refractivity contribution is 5.72. The van der Waals surface area contributed by atoms with E-state index in [1.807, 2.05) is 0 Å². The third kappa shape index (κ3) is 24.2. The highest BCUT2D eigenvalue weighted by Gasteiger charge is 2.33. The minimum absolute atomic E-state index is 0.223. The van der Waals surface area contributed by atoms with Crippen LogP contribution < -0.4 is 5.11 Å². The third-order valence-electron chi connectivity index (χ3n) is 7.05. The van der Waals surface area contributed by atoms with Crippen LogP contribution >= 0.6 is 0 Å². The summed E-state index contributed by atoms with van der Waals surface area (Å²) in [6.07, 6.45) is 29.2. The molecule has 2 N–H and O–H groups in total. The van der Waals surface area contributed by atoms with Crippen LogP contribution in [0.3, 0.4) is 0 Å². The first-order valence-corrected chi connectivity index (χ1v) is 14.9. The Morgan fingerprint density at radius 1 is 0.568 bits per heavy atom. The first-order chi connectivity index (χ1) is 17.8. The van der Waals surface area contributed by atoms with Crippen molar-refractivity contribution in [2.75, 3.05) is 26.2 Å². The van der Waals surface area contributed by atoms with E-state index < -0.39 is 42.0 Å². The predicted molar refractivity (Wildman–Crippen MR) is 147 cm³/mol. The van der Waals surface area contributed by atoms with E-state index in [4.69, 9.17) is 10.2 Å². The summed E-state index contributed by atoms with van der Waals surface area (Å²) in [6.45, 7) is 0.860. The molecule has 0 saturated heterocycles. The number of nitrogens with zero attached hydrogens (tertiary/aromatic N) is 1. The normalized spacial score (nSPS) is 11.8. The molecule has 0 aliphatic heterocycles. The number of carbonyl (C=O) groups excluding carboxylic acids is 1. The smallest absolute Gasteiger partial charge is 0.359 e. The number of carbonyl (C=O) groups is 3. The molecule has 0 radical (unpaired) electrons. The first kappa shape index (κ1) is 35.1. The van der Waals surface area contributed by atoms with Crippen molar-refractivity contribution in [2.24, 2.45) is 0 Å². The number of carboxylic acid groups (broad SMARTS) is 3. The van der Waals surface area contributed by atoms with Gasteiger partial charge >= 0.3 is 11.9 Å². The Kier molecular flexibility index (Phi) is 23.2. The molecule has 7 nitrogen and oxygen atoms in total. The van der Waals surface area contributed by atoms with Crippen molar-refractivity contribution in [2.45, 2.75) is 135 Å². The van der Waals surface area contributed by atoms with Gasteiger partial charge in [0.25, 0.3) is 0 Å². The summed E-state index contributed by atoms with van der Waals surface area (Å²) >= 11 is 0. The van der Waals surface area contributed by atoms with E-state index in [1.165, 1.54) is 103 Å². The third-order valence-corrected chi connectivity index (χ3v) is 7.05. The summed E-state index contributed by atoms with van der Waals surface area (Å²) in [4.78, 5) is 33.4. The van der Waals surface area contributed by atoms with Crippen LogP contribution in [0.5, 0.6) is 0 Å². The van der Waals surface area contributed by atoms with Gasteiger partial charge in [-0.15, -0.1) is 0 Å². The zero-order valence-corrected chi connectivity index (χ0v) is 23.6. The van der Waals surface area contributed by atoms with Gasteiger partial charge in [0.1, 0.15) is 6.54 Å². The van der Waals surface area contributed by atoms with Crippen molar-refractivity contribution < 1.29 is 34.2 Å². The monoisotopic (exact) mass is 525 g/mol. The number of unbranched alkanes of at least 4 members (excludes halogenated alkanes) is 18. The lowest BCUT2D eigenvalue weighted by atomic mass is 10.0. The van der Waals surface area contributed by atoms with E-state index in [0.29, 0.717) is 6.42 Å². The minimum atomic E-state index is -1.42. The molecule has 0 aromatic rings. The van der Waals surface area contributed by atoms with Gasteiger partial charge in [0, 0.05) is 0 Å². The fraction of sp³-hybridized carbons (Fsp3) is 0.833. The summed E-state index contributed by atoms with van der Waals surface area (Å²) in [6, 6.07) is 0. The van der Waals surface area contributed by atoms with Gasteiger partial charge in [0.2, 0.25) is 0 Å². The summed E-state index contributed by atoms with van der Waals surface area (Å²) in [5, 5.41) is 29.3. The number of rotatable bonds is 28. The lowest BCUT2D eigenvalue weighted by molar-refractivity contribution is -0.909. The van der Waals surface area contributed by atoms with Crippen LogP contribution in [0.1, 0.15) is 135 Å². The van der Waals surface area contributed by atoms with Gasteiger partial charge in [-0.1, -0.05) is 109 Å². The standard InChI is InChI=1S/C30H55NO6/c1-2-3-4-5-6-7-8-9-10-11-12-13-14-15-16-17-18-19-20-21-22-23-24-31(25-28(32)33,26-29(34)35)27-30(36)37/h10-11H,2-9,12-27H2,1H3,(H2-,32,33,34,35,36,37)/b11-10+. The van der Waals surface area contributed by atoms with Crippen LogP contribution in [0, 0.1) is 0 Å². The zero-order valence-electron chi connectivity index (χ0n) is 23.6. The molecule has 0 aliphatic rings. The zero-order chi connectivity index (χ0) is 27.6. The molecule has 7 heteroatoms. The second kappa shape index (κ2) is 24.4. The predicted octanol–water partition coefficient (Wildman–Crippen LogP) is 6.10. The average Bonchev–Trinajstić information content (AvgIpc) is 2.81. The fourth-order valence-electron chi connectivity index (χ4n) is 5.01. The van der Waals surface area contributed by atoms with E-state index in [2.05, 4.69) is 19.1 Å². The van der Waals surface area contributed by atoms with Crippen LogP contribution in [-0.2, 0) is 14.4 Å². The van der Waals surface area contributed by atoms with Crippen molar-refractivity contribution in [3.8, 4) is 0 Å². The summed E-state index contributed by atoms with van der Waals surface area (Å²) in [5.41, 5.74) is 0. The maximum atomic E-state index is 11.2. The number of carboxylic acids is 3. The van der Waals surface area contributed by atoms with Crippen LogP contribution in [0.15, 0.2) is 12.2 Å². The number of allylic oxidation sites excluding steroid dienone is 2. The molecule has 0 rings (SSSR count). The molecular formula is C30H55NO6. The number of aliphatic carboxylic acids is 3. The van der Waals surface area contributed by atoms with Crippen LogP contribution in [0.4, 0.5) is 0 Å². The van der Waals surface area contributed by atoms with Crippen molar-refractivity contribution in [1.82, 2.24) is 0 Å². The maximum absolute atomic E-state index is 11.2. The molecule has 0 heterocycles. The molecule has 0 spiro atoms. The first-order valence-electron chi connectivity index (χ1n) is 14.9. The van der Waals surface area contributed by atoms with Crippen molar-refractivity contribution in [1.29, 1.82) is 0 Å². The fourth-order valence-corrected chi connectivity index (χ4v) is 5.01. The molecule has 0 amide bonds. The van der Waals surface area contributed by atoms with Crippen LogP contribution in [-0.4, -0.2) is 58.8 Å². The van der Waals surface area contributed by atoms with Gasteiger partial charge in [0.15, 0.2) is 13.1 Å². The molecule has 37 heavy (non-hydrogen) atoms. The molecule has 0 saturated carbocycles. The van der Waals surface area contributed by atoms with Gasteiger partial charge in [0.05, 0.1) is 12.5 Å². The summed E-state index contributed by atoms with van der Waals surface area (Å²) < 4.78 is -0.498. The Balaban J connectivity index is 3.66. The Bertz CT molecular complexity index is 578. The van der Waals surface area contributed by atoms with Gasteiger partial charge in [-0.2, -0.15) is 0 Å². The van der Waals surface area contributed by atoms with Gasteiger partial charge in [-0.05, 0) is 38.5 Å². The van der Waals surface area contributed by atoms with Crippen LogP contribution in [0.2, 0.25) is 0 Å².